The Kier molecular flexibility index (Phi) is 9.95. The second-order valence-corrected chi connectivity index (χ2v) is 14.3. The number of likely N-dealkylation sites (N-methyl/N-ethyl adjacent to an activating group) is 1. The average molecular weight is 641 g/mol. The summed E-state index contributed by atoms with van der Waals surface area (Å²) in [5.74, 6) is -1.99. The summed E-state index contributed by atoms with van der Waals surface area (Å²) in [5.41, 5.74) is 0.689. The van der Waals surface area contributed by atoms with Gasteiger partial charge in [0.15, 0.2) is 6.10 Å². The van der Waals surface area contributed by atoms with Crippen molar-refractivity contribution in [2.24, 2.45) is 29.6 Å². The minimum absolute atomic E-state index is 0.141. The van der Waals surface area contributed by atoms with Crippen molar-refractivity contribution in [3.63, 3.8) is 0 Å². The van der Waals surface area contributed by atoms with Crippen molar-refractivity contribution < 1.29 is 38.4 Å². The average Bonchev–Trinajstić information content (AvgIpc) is 3.64. The number of cyclic esters (lactones) is 1. The van der Waals surface area contributed by atoms with Crippen LogP contribution in [0.1, 0.15) is 40.5 Å². The molecule has 0 aromatic heterocycles. The van der Waals surface area contributed by atoms with Crippen LogP contribution in [0.3, 0.4) is 0 Å². The third-order valence-electron chi connectivity index (χ3n) is 11.5. The maximum atomic E-state index is 13.7. The molecule has 0 amide bonds. The number of aliphatic hydroxyl groups excluding tert-OH is 1. The summed E-state index contributed by atoms with van der Waals surface area (Å²) in [7, 11) is 3.67. The van der Waals surface area contributed by atoms with E-state index in [0.717, 1.165) is 38.3 Å². The number of ether oxygens (including phenoxy) is 5. The van der Waals surface area contributed by atoms with E-state index in [1.807, 2.05) is 32.9 Å². The topological polar surface area (TPSA) is 107 Å². The van der Waals surface area contributed by atoms with Gasteiger partial charge in [0.25, 0.3) is 0 Å². The van der Waals surface area contributed by atoms with E-state index < -0.39 is 42.1 Å². The highest BCUT2D eigenvalue weighted by atomic mass is 16.6. The SMILES string of the molecule is CO[C@H]1C[C@H]2C=CC3C4C(O)[C@@H](C)[C@@H](OC(=O)C5=CC=CC5)[C@@H]3O[C@]42/C(C)=C/[C@@H](C)C(C(C)OCCN2CCN(C)CC2)OC1=O. The van der Waals surface area contributed by atoms with E-state index in [1.54, 1.807) is 6.08 Å². The second-order valence-electron chi connectivity index (χ2n) is 14.3. The molecular formula is C36H52N2O8. The number of allylic oxidation sites excluding steroid dienone is 3. The Morgan fingerprint density at radius 2 is 1.96 bits per heavy atom. The van der Waals surface area contributed by atoms with Crippen molar-refractivity contribution in [3.8, 4) is 0 Å². The highest BCUT2D eigenvalue weighted by Crippen LogP contribution is 2.61. The van der Waals surface area contributed by atoms with Crippen molar-refractivity contribution in [1.82, 2.24) is 9.80 Å². The lowest BCUT2D eigenvalue weighted by Crippen LogP contribution is -2.57. The number of hydrogen-bond acceptors (Lipinski definition) is 10. The van der Waals surface area contributed by atoms with E-state index in [1.165, 1.54) is 7.11 Å². The van der Waals surface area contributed by atoms with Crippen LogP contribution in [0, 0.1) is 29.6 Å². The molecule has 1 spiro atoms. The lowest BCUT2D eigenvalue weighted by molar-refractivity contribution is -0.175. The first-order valence-corrected chi connectivity index (χ1v) is 17.1. The van der Waals surface area contributed by atoms with Crippen LogP contribution < -0.4 is 0 Å². The molecule has 2 saturated heterocycles. The number of methoxy groups -OCH3 is 1. The lowest BCUT2D eigenvalue weighted by atomic mass is 9.57. The van der Waals surface area contributed by atoms with E-state index in [0.29, 0.717) is 25.0 Å². The van der Waals surface area contributed by atoms with Crippen LogP contribution in [0.4, 0.5) is 0 Å². The van der Waals surface area contributed by atoms with Crippen LogP contribution in [-0.2, 0) is 33.3 Å². The Hall–Kier alpha value is -2.34. The zero-order chi connectivity index (χ0) is 32.7. The fourth-order valence-electron chi connectivity index (χ4n) is 8.82. The number of esters is 2. The third-order valence-corrected chi connectivity index (χ3v) is 11.5. The van der Waals surface area contributed by atoms with E-state index in [9.17, 15) is 14.7 Å². The minimum Gasteiger partial charge on any atom is -0.457 e. The minimum atomic E-state index is -0.897. The number of rotatable bonds is 8. The van der Waals surface area contributed by atoms with Crippen molar-refractivity contribution in [2.45, 2.75) is 82.8 Å². The maximum absolute atomic E-state index is 13.7. The summed E-state index contributed by atoms with van der Waals surface area (Å²) in [5, 5.41) is 11.9. The smallest absolute Gasteiger partial charge is 0.335 e. The van der Waals surface area contributed by atoms with Gasteiger partial charge in [-0.2, -0.15) is 0 Å². The summed E-state index contributed by atoms with van der Waals surface area (Å²) >= 11 is 0. The number of carbonyl (C=O) groups excluding carboxylic acids is 2. The Morgan fingerprint density at radius 1 is 1.20 bits per heavy atom. The van der Waals surface area contributed by atoms with Crippen LogP contribution in [0.25, 0.3) is 0 Å². The summed E-state index contributed by atoms with van der Waals surface area (Å²) in [6.07, 6.45) is 9.25. The molecule has 1 N–H and O–H groups in total. The molecule has 46 heavy (non-hydrogen) atoms. The summed E-state index contributed by atoms with van der Waals surface area (Å²) in [4.78, 5) is 31.5. The van der Waals surface area contributed by atoms with Gasteiger partial charge < -0.3 is 33.7 Å². The fraction of sp³-hybridized carbons (Fsp3) is 0.722. The van der Waals surface area contributed by atoms with Crippen LogP contribution in [0.15, 0.2) is 47.6 Å². The number of aliphatic hydroxyl groups is 1. The highest BCUT2D eigenvalue weighted by Gasteiger charge is 2.69. The van der Waals surface area contributed by atoms with Crippen LogP contribution >= 0.6 is 0 Å². The second kappa shape index (κ2) is 13.6. The van der Waals surface area contributed by atoms with E-state index in [2.05, 4.69) is 42.0 Å². The van der Waals surface area contributed by atoms with Crippen molar-refractivity contribution in [1.29, 1.82) is 0 Å². The third kappa shape index (κ3) is 6.05. The molecule has 10 heteroatoms. The van der Waals surface area contributed by atoms with Crippen LogP contribution in [0.5, 0.6) is 0 Å². The summed E-state index contributed by atoms with van der Waals surface area (Å²) in [6.45, 7) is 13.5. The summed E-state index contributed by atoms with van der Waals surface area (Å²) < 4.78 is 31.5. The van der Waals surface area contributed by atoms with E-state index in [-0.39, 0.29) is 41.7 Å². The predicted octanol–water partition coefficient (Wildman–Crippen LogP) is 2.92. The zero-order valence-electron chi connectivity index (χ0n) is 28.2. The molecule has 10 nitrogen and oxygen atoms in total. The fourth-order valence-corrected chi connectivity index (χ4v) is 8.82. The molecule has 6 rings (SSSR count). The van der Waals surface area contributed by atoms with Gasteiger partial charge in [0.05, 0.1) is 18.8 Å². The Morgan fingerprint density at radius 3 is 2.65 bits per heavy atom. The van der Waals surface area contributed by atoms with Crippen molar-refractivity contribution in [2.75, 3.05) is 53.5 Å². The van der Waals surface area contributed by atoms with Gasteiger partial charge in [-0.1, -0.05) is 50.3 Å². The van der Waals surface area contributed by atoms with Crippen LogP contribution in [0.2, 0.25) is 0 Å². The first kappa shape index (κ1) is 33.6. The van der Waals surface area contributed by atoms with Crippen molar-refractivity contribution >= 4 is 11.9 Å². The van der Waals surface area contributed by atoms with E-state index >= 15 is 0 Å². The molecule has 3 aliphatic carbocycles. The molecular weight excluding hydrogens is 588 g/mol. The summed E-state index contributed by atoms with van der Waals surface area (Å²) in [6, 6.07) is 0. The molecule has 0 aromatic carbocycles. The van der Waals surface area contributed by atoms with Gasteiger partial charge in [-0.3, -0.25) is 4.90 Å². The monoisotopic (exact) mass is 640 g/mol. The molecule has 1 saturated carbocycles. The van der Waals surface area contributed by atoms with E-state index in [4.69, 9.17) is 23.7 Å². The Bertz CT molecular complexity index is 1270. The normalized spacial score (nSPS) is 42.9. The first-order chi connectivity index (χ1) is 22.0. The number of carbonyl (C=O) groups is 2. The molecule has 4 bridgehead atoms. The standard InChI is InChI=1S/C36H52N2O8/c1-21-19-22(2)36-26(20-28(42-6)35(41)44-31(21)24(4)43-18-17-38-15-13-37(5)14-16-38)11-12-27-29(36)30(39)23(3)32(33(27)46-36)45-34(40)25-9-7-8-10-25/h7-9,11-12,19,21,23-24,26-33,39H,10,13-18,20H2,1-6H3/b22-19+/t21-,23-,24?,26-,27?,28+,29?,30?,31?,32-,33-,36+/m1/s1. The zero-order valence-corrected chi connectivity index (χ0v) is 28.2. The molecule has 5 unspecified atom stereocenters. The molecule has 3 fully saturated rings. The van der Waals surface area contributed by atoms with Gasteiger partial charge >= 0.3 is 11.9 Å². The largest absolute Gasteiger partial charge is 0.457 e. The molecule has 0 radical (unpaired) electrons. The molecule has 254 valence electrons. The van der Waals surface area contributed by atoms with Crippen LogP contribution in [-0.4, -0.2) is 123 Å². The van der Waals surface area contributed by atoms with Gasteiger partial charge in [-0.05, 0) is 39.3 Å². The quantitative estimate of drug-likeness (QED) is 0.315. The first-order valence-electron chi connectivity index (χ1n) is 17.1. The van der Waals surface area contributed by atoms with Gasteiger partial charge in [-0.15, -0.1) is 0 Å². The van der Waals surface area contributed by atoms with Crippen molar-refractivity contribution in [3.05, 3.63) is 47.6 Å². The molecule has 12 atom stereocenters. The molecule has 3 aliphatic heterocycles. The highest BCUT2D eigenvalue weighted by molar-refractivity contribution is 5.90. The van der Waals surface area contributed by atoms with Gasteiger partial charge in [0, 0.05) is 75.0 Å². The number of hydrogen-bond donors (Lipinski definition) is 1. The Balaban J connectivity index is 1.26. The maximum Gasteiger partial charge on any atom is 0.335 e. The lowest BCUT2D eigenvalue weighted by Gasteiger charge is -2.49. The van der Waals surface area contributed by atoms with Gasteiger partial charge in [0.1, 0.15) is 23.9 Å². The predicted molar refractivity (Wildman–Crippen MR) is 172 cm³/mol. The van der Waals surface area contributed by atoms with Gasteiger partial charge in [-0.25, -0.2) is 9.59 Å². The molecule has 6 aliphatic rings. The number of piperazine rings is 1. The molecule has 3 heterocycles. The molecule has 0 aromatic rings. The number of nitrogens with zero attached hydrogens (tertiary/aromatic N) is 2. The van der Waals surface area contributed by atoms with Gasteiger partial charge in [0.2, 0.25) is 0 Å². The Labute approximate surface area is 273 Å².